The monoisotopic (exact) mass is 223 g/mol. The van der Waals surface area contributed by atoms with Gasteiger partial charge in [0.1, 0.15) is 0 Å². The Morgan fingerprint density at radius 1 is 1.31 bits per heavy atom. The van der Waals surface area contributed by atoms with E-state index in [4.69, 9.17) is 4.74 Å². The maximum Gasteiger partial charge on any atom is 0.212 e. The van der Waals surface area contributed by atoms with Gasteiger partial charge in [0, 0.05) is 18.7 Å². The molecule has 0 aromatic carbocycles. The lowest BCUT2D eigenvalue weighted by Gasteiger charge is -2.19. The number of pyridine rings is 1. The van der Waals surface area contributed by atoms with Crippen LogP contribution in [-0.2, 0) is 6.42 Å². The first-order valence-electron chi connectivity index (χ1n) is 5.88. The summed E-state index contributed by atoms with van der Waals surface area (Å²) in [5.41, 5.74) is 1.06. The Balaban J connectivity index is 2.58. The van der Waals surface area contributed by atoms with Crippen LogP contribution in [0.1, 0.15) is 32.3 Å². The number of nitrogens with zero attached hydrogens (tertiary/aromatic N) is 1. The van der Waals surface area contributed by atoms with Crippen molar-refractivity contribution in [2.45, 2.75) is 39.2 Å². The van der Waals surface area contributed by atoms with Crippen LogP contribution in [0.4, 0.5) is 0 Å². The lowest BCUT2D eigenvalue weighted by atomic mass is 9.92. The average Bonchev–Trinajstić information content (AvgIpc) is 2.31. The van der Waals surface area contributed by atoms with E-state index in [1.807, 2.05) is 12.1 Å². The van der Waals surface area contributed by atoms with E-state index in [1.54, 1.807) is 13.3 Å². The van der Waals surface area contributed by atoms with E-state index in [0.717, 1.165) is 18.4 Å². The molecule has 0 saturated heterocycles. The van der Waals surface area contributed by atoms with Crippen LogP contribution < -0.4 is 4.74 Å². The molecule has 1 atom stereocenters. The van der Waals surface area contributed by atoms with Gasteiger partial charge in [-0.25, -0.2) is 4.98 Å². The summed E-state index contributed by atoms with van der Waals surface area (Å²) >= 11 is 0. The Bertz CT molecular complexity index is 293. The zero-order valence-corrected chi connectivity index (χ0v) is 10.3. The van der Waals surface area contributed by atoms with Crippen LogP contribution in [-0.4, -0.2) is 23.3 Å². The molecule has 0 aliphatic heterocycles. The summed E-state index contributed by atoms with van der Waals surface area (Å²) in [5, 5.41) is 10.0. The zero-order chi connectivity index (χ0) is 12.0. The number of aliphatic hydroxyl groups excluding tert-OH is 1. The molecular weight excluding hydrogens is 202 g/mol. The summed E-state index contributed by atoms with van der Waals surface area (Å²) < 4.78 is 4.99. The first-order valence-corrected chi connectivity index (χ1v) is 5.88. The van der Waals surface area contributed by atoms with E-state index in [9.17, 15) is 5.11 Å². The van der Waals surface area contributed by atoms with E-state index in [-0.39, 0.29) is 6.10 Å². The molecule has 0 bridgehead atoms. The van der Waals surface area contributed by atoms with E-state index in [0.29, 0.717) is 18.2 Å². The fourth-order valence-corrected chi connectivity index (χ4v) is 1.89. The van der Waals surface area contributed by atoms with Gasteiger partial charge in [0.15, 0.2) is 0 Å². The van der Waals surface area contributed by atoms with E-state index >= 15 is 0 Å². The fraction of sp³-hybridized carbons (Fsp3) is 0.615. The van der Waals surface area contributed by atoms with E-state index in [1.165, 1.54) is 0 Å². The molecule has 0 aliphatic rings. The number of rotatable bonds is 6. The highest BCUT2D eigenvalue weighted by Crippen LogP contribution is 2.17. The first kappa shape index (κ1) is 13.0. The summed E-state index contributed by atoms with van der Waals surface area (Å²) in [4.78, 5) is 4.13. The van der Waals surface area contributed by atoms with Crippen LogP contribution in [0.15, 0.2) is 18.3 Å². The van der Waals surface area contributed by atoms with E-state index < -0.39 is 0 Å². The minimum Gasteiger partial charge on any atom is -0.481 e. The molecule has 1 rings (SSSR count). The molecule has 1 heterocycles. The number of aromatic nitrogens is 1. The molecule has 1 unspecified atom stereocenters. The minimum absolute atomic E-state index is 0.273. The largest absolute Gasteiger partial charge is 0.481 e. The van der Waals surface area contributed by atoms with Gasteiger partial charge in [0.05, 0.1) is 13.2 Å². The summed E-state index contributed by atoms with van der Waals surface area (Å²) in [6, 6.07) is 3.78. The Morgan fingerprint density at radius 2 is 2.00 bits per heavy atom. The van der Waals surface area contributed by atoms with Gasteiger partial charge in [-0.2, -0.15) is 0 Å². The van der Waals surface area contributed by atoms with Gasteiger partial charge < -0.3 is 9.84 Å². The second-order valence-corrected chi connectivity index (χ2v) is 4.06. The lowest BCUT2D eigenvalue weighted by molar-refractivity contribution is 0.103. The highest BCUT2D eigenvalue weighted by Gasteiger charge is 2.15. The van der Waals surface area contributed by atoms with Gasteiger partial charge >= 0.3 is 0 Å². The average molecular weight is 223 g/mol. The maximum absolute atomic E-state index is 10.0. The van der Waals surface area contributed by atoms with Crippen molar-refractivity contribution >= 4 is 0 Å². The highest BCUT2D eigenvalue weighted by molar-refractivity contribution is 5.18. The summed E-state index contributed by atoms with van der Waals surface area (Å²) in [5.74, 6) is 0.989. The molecular formula is C13H21NO2. The van der Waals surface area contributed by atoms with Crippen molar-refractivity contribution in [1.29, 1.82) is 0 Å². The van der Waals surface area contributed by atoms with Gasteiger partial charge in [0.25, 0.3) is 0 Å². The third-order valence-electron chi connectivity index (χ3n) is 3.04. The number of aliphatic hydroxyl groups is 1. The first-order chi connectivity index (χ1) is 7.71. The van der Waals surface area contributed by atoms with Gasteiger partial charge in [-0.1, -0.05) is 32.8 Å². The van der Waals surface area contributed by atoms with Gasteiger partial charge in [-0.3, -0.25) is 0 Å². The minimum atomic E-state index is -0.273. The Labute approximate surface area is 97.5 Å². The van der Waals surface area contributed by atoms with Crippen molar-refractivity contribution in [3.63, 3.8) is 0 Å². The third-order valence-corrected chi connectivity index (χ3v) is 3.04. The van der Waals surface area contributed by atoms with Crippen molar-refractivity contribution in [2.75, 3.05) is 7.11 Å². The van der Waals surface area contributed by atoms with Gasteiger partial charge in [-0.05, 0) is 11.5 Å². The molecule has 1 N–H and O–H groups in total. The lowest BCUT2D eigenvalue weighted by Crippen LogP contribution is -2.21. The molecule has 0 radical (unpaired) electrons. The molecule has 3 heteroatoms. The standard InChI is InChI=1S/C13H21NO2/c1-4-11(5-2)12(15)8-10-6-7-13(16-3)14-9-10/h6-7,9,11-12,15H,4-5,8H2,1-3H3. The highest BCUT2D eigenvalue weighted by atomic mass is 16.5. The molecule has 0 aliphatic carbocycles. The van der Waals surface area contributed by atoms with E-state index in [2.05, 4.69) is 18.8 Å². The van der Waals surface area contributed by atoms with Gasteiger partial charge in [-0.15, -0.1) is 0 Å². The van der Waals surface area contributed by atoms with Crippen LogP contribution in [0.25, 0.3) is 0 Å². The summed E-state index contributed by atoms with van der Waals surface area (Å²) in [6.07, 6.45) is 4.20. The second kappa shape index (κ2) is 6.48. The number of methoxy groups -OCH3 is 1. The quantitative estimate of drug-likeness (QED) is 0.805. The van der Waals surface area contributed by atoms with Gasteiger partial charge in [0.2, 0.25) is 5.88 Å². The molecule has 3 nitrogen and oxygen atoms in total. The normalized spacial score (nSPS) is 12.8. The molecule has 1 aromatic rings. The molecule has 1 aromatic heterocycles. The molecule has 16 heavy (non-hydrogen) atoms. The van der Waals surface area contributed by atoms with Crippen LogP contribution in [0.5, 0.6) is 5.88 Å². The second-order valence-electron chi connectivity index (χ2n) is 4.06. The Morgan fingerprint density at radius 3 is 2.44 bits per heavy atom. The molecule has 0 saturated carbocycles. The zero-order valence-electron chi connectivity index (χ0n) is 10.3. The van der Waals surface area contributed by atoms with Crippen LogP contribution >= 0.6 is 0 Å². The smallest absolute Gasteiger partial charge is 0.212 e. The number of ether oxygens (including phenoxy) is 1. The SMILES string of the molecule is CCC(CC)C(O)Cc1ccc(OC)nc1. The molecule has 90 valence electrons. The van der Waals surface area contributed by atoms with Crippen molar-refractivity contribution in [2.24, 2.45) is 5.92 Å². The van der Waals surface area contributed by atoms with Crippen LogP contribution in [0, 0.1) is 5.92 Å². The molecule has 0 amide bonds. The molecule has 0 fully saturated rings. The summed E-state index contributed by atoms with van der Waals surface area (Å²) in [7, 11) is 1.60. The van der Waals surface area contributed by atoms with Crippen LogP contribution in [0.3, 0.4) is 0 Å². The van der Waals surface area contributed by atoms with Crippen molar-refractivity contribution in [3.8, 4) is 5.88 Å². The van der Waals surface area contributed by atoms with Crippen molar-refractivity contribution in [3.05, 3.63) is 23.9 Å². The number of hydrogen-bond acceptors (Lipinski definition) is 3. The predicted molar refractivity (Wildman–Crippen MR) is 64.6 cm³/mol. The fourth-order valence-electron chi connectivity index (χ4n) is 1.89. The third kappa shape index (κ3) is 3.49. The maximum atomic E-state index is 10.0. The van der Waals surface area contributed by atoms with Crippen molar-refractivity contribution in [1.82, 2.24) is 4.98 Å². The van der Waals surface area contributed by atoms with Crippen LogP contribution in [0.2, 0.25) is 0 Å². The predicted octanol–water partition coefficient (Wildman–Crippen LogP) is 2.43. The van der Waals surface area contributed by atoms with Crippen molar-refractivity contribution < 1.29 is 9.84 Å². The summed E-state index contributed by atoms with van der Waals surface area (Å²) in [6.45, 7) is 4.23. The topological polar surface area (TPSA) is 42.4 Å². The number of hydrogen-bond donors (Lipinski definition) is 1. The molecule has 0 spiro atoms. The Kier molecular flexibility index (Phi) is 5.26. The Hall–Kier alpha value is -1.09.